The van der Waals surface area contributed by atoms with Gasteiger partial charge in [0.2, 0.25) is 5.91 Å². The summed E-state index contributed by atoms with van der Waals surface area (Å²) in [5.74, 6) is -0.0305. The summed E-state index contributed by atoms with van der Waals surface area (Å²) in [4.78, 5) is 24.6. The molecule has 2 atom stereocenters. The molecule has 0 aliphatic rings. The molecule has 6 nitrogen and oxygen atoms in total. The molecular formula is C81H159NO5. The van der Waals surface area contributed by atoms with Crippen LogP contribution in [0.1, 0.15) is 470 Å². The largest absolute Gasteiger partial charge is 0.466 e. The maximum absolute atomic E-state index is 12.5. The lowest BCUT2D eigenvalue weighted by Gasteiger charge is -2.20. The Balaban J connectivity index is 3.31. The van der Waals surface area contributed by atoms with Gasteiger partial charge >= 0.3 is 5.97 Å². The minimum atomic E-state index is -0.841. The Kier molecular flexibility index (Phi) is 75.8. The van der Waals surface area contributed by atoms with Crippen LogP contribution in [0, 0.1) is 0 Å². The zero-order valence-corrected chi connectivity index (χ0v) is 59.5. The third-order valence-electron chi connectivity index (χ3n) is 19.3. The number of unbranched alkanes of at least 4 members (excludes halogenated alkanes) is 66. The number of carbonyl (C=O) groups excluding carboxylic acids is 2. The molecule has 0 rings (SSSR count). The Morgan fingerprint density at radius 3 is 0.782 bits per heavy atom. The lowest BCUT2D eigenvalue weighted by Crippen LogP contribution is -2.45. The van der Waals surface area contributed by atoms with Gasteiger partial charge in [0.1, 0.15) is 0 Å². The quantitative estimate of drug-likeness (QED) is 0.0320. The maximum atomic E-state index is 12.5. The van der Waals surface area contributed by atoms with Gasteiger partial charge < -0.3 is 20.3 Å². The summed E-state index contributed by atoms with van der Waals surface area (Å²) in [5.41, 5.74) is 0. The predicted octanol–water partition coefficient (Wildman–Crippen LogP) is 26.7. The van der Waals surface area contributed by atoms with E-state index in [1.807, 2.05) is 6.08 Å². The first-order valence-electron chi connectivity index (χ1n) is 40.5. The number of hydrogen-bond donors (Lipinski definition) is 3. The van der Waals surface area contributed by atoms with Crippen molar-refractivity contribution in [1.82, 2.24) is 5.32 Å². The average Bonchev–Trinajstić information content (AvgIpc) is 3.58. The van der Waals surface area contributed by atoms with Crippen LogP contribution >= 0.6 is 0 Å². The molecule has 3 N–H and O–H groups in total. The highest BCUT2D eigenvalue weighted by Crippen LogP contribution is 2.20. The Bertz CT molecular complexity index is 1320. The molecule has 518 valence electrons. The van der Waals surface area contributed by atoms with E-state index in [0.717, 1.165) is 38.5 Å². The normalized spacial score (nSPS) is 12.5. The van der Waals surface area contributed by atoms with Crippen LogP contribution in [0.5, 0.6) is 0 Å². The van der Waals surface area contributed by atoms with Gasteiger partial charge in [0.05, 0.1) is 25.4 Å². The van der Waals surface area contributed by atoms with Crippen molar-refractivity contribution >= 4 is 11.9 Å². The van der Waals surface area contributed by atoms with Crippen molar-refractivity contribution < 1.29 is 24.5 Å². The van der Waals surface area contributed by atoms with Gasteiger partial charge in [-0.25, -0.2) is 0 Å². The van der Waals surface area contributed by atoms with E-state index < -0.39 is 12.1 Å². The topological polar surface area (TPSA) is 95.9 Å². The molecule has 0 fully saturated rings. The molecule has 0 aromatic rings. The number of amides is 1. The summed E-state index contributed by atoms with van der Waals surface area (Å²) in [5, 5.41) is 23.3. The molecule has 1 amide bonds. The fourth-order valence-corrected chi connectivity index (χ4v) is 13.2. The van der Waals surface area contributed by atoms with Crippen molar-refractivity contribution in [2.75, 3.05) is 13.2 Å². The molecule has 0 aromatic carbocycles. The maximum Gasteiger partial charge on any atom is 0.305 e. The van der Waals surface area contributed by atoms with Crippen LogP contribution in [0.3, 0.4) is 0 Å². The van der Waals surface area contributed by atoms with Gasteiger partial charge in [-0.15, -0.1) is 0 Å². The molecule has 0 saturated heterocycles. The van der Waals surface area contributed by atoms with Gasteiger partial charge in [0, 0.05) is 12.8 Å². The van der Waals surface area contributed by atoms with Gasteiger partial charge in [-0.1, -0.05) is 437 Å². The number of aliphatic hydroxyl groups is 2. The lowest BCUT2D eigenvalue weighted by molar-refractivity contribution is -0.143. The van der Waals surface area contributed by atoms with E-state index in [1.54, 1.807) is 6.08 Å². The first-order valence-corrected chi connectivity index (χ1v) is 40.5. The fourth-order valence-electron chi connectivity index (χ4n) is 13.2. The molecule has 0 aromatic heterocycles. The number of aliphatic hydroxyl groups excluding tert-OH is 2. The second-order valence-electron chi connectivity index (χ2n) is 28.1. The highest BCUT2D eigenvalue weighted by atomic mass is 16.5. The summed E-state index contributed by atoms with van der Waals surface area (Å²) in [6.45, 7) is 4.97. The van der Waals surface area contributed by atoms with Crippen LogP contribution in [0.15, 0.2) is 12.2 Å². The summed E-state index contributed by atoms with van der Waals surface area (Å²) in [6, 6.07) is -0.624. The second kappa shape index (κ2) is 77.1. The van der Waals surface area contributed by atoms with E-state index >= 15 is 0 Å². The van der Waals surface area contributed by atoms with E-state index in [4.69, 9.17) is 4.74 Å². The third-order valence-corrected chi connectivity index (χ3v) is 19.3. The Morgan fingerprint density at radius 2 is 0.529 bits per heavy atom. The van der Waals surface area contributed by atoms with Gasteiger partial charge in [0.15, 0.2) is 0 Å². The molecule has 0 aliphatic heterocycles. The van der Waals surface area contributed by atoms with E-state index in [9.17, 15) is 19.8 Å². The number of nitrogens with one attached hydrogen (secondary N) is 1. The van der Waals surface area contributed by atoms with Crippen molar-refractivity contribution in [1.29, 1.82) is 0 Å². The molecule has 0 radical (unpaired) electrons. The average molecular weight is 1230 g/mol. The van der Waals surface area contributed by atoms with Crippen molar-refractivity contribution in [2.24, 2.45) is 0 Å². The Morgan fingerprint density at radius 1 is 0.310 bits per heavy atom. The fraction of sp³-hybridized carbons (Fsp3) is 0.951. The van der Waals surface area contributed by atoms with Gasteiger partial charge in [0.25, 0.3) is 0 Å². The molecule has 87 heavy (non-hydrogen) atoms. The Hall–Kier alpha value is -1.40. The highest BCUT2D eigenvalue weighted by Gasteiger charge is 2.18. The number of rotatable bonds is 77. The monoisotopic (exact) mass is 1230 g/mol. The smallest absolute Gasteiger partial charge is 0.305 e. The lowest BCUT2D eigenvalue weighted by atomic mass is 10.0. The van der Waals surface area contributed by atoms with E-state index in [0.29, 0.717) is 19.4 Å². The van der Waals surface area contributed by atoms with Crippen LogP contribution in [0.25, 0.3) is 0 Å². The van der Waals surface area contributed by atoms with Crippen LogP contribution in [0.2, 0.25) is 0 Å². The number of esters is 1. The summed E-state index contributed by atoms with van der Waals surface area (Å²) >= 11 is 0. The third kappa shape index (κ3) is 73.5. The zero-order chi connectivity index (χ0) is 62.8. The molecular weight excluding hydrogens is 1070 g/mol. The van der Waals surface area contributed by atoms with E-state index in [1.165, 1.54) is 405 Å². The van der Waals surface area contributed by atoms with Gasteiger partial charge in [-0.05, 0) is 32.1 Å². The van der Waals surface area contributed by atoms with Crippen LogP contribution < -0.4 is 5.32 Å². The van der Waals surface area contributed by atoms with Gasteiger partial charge in [-0.3, -0.25) is 9.59 Å². The van der Waals surface area contributed by atoms with Crippen LogP contribution in [0.4, 0.5) is 0 Å². The number of allylic oxidation sites excluding steroid dienone is 1. The summed E-state index contributed by atoms with van der Waals surface area (Å²) < 4.78 is 5.52. The first-order chi connectivity index (χ1) is 43.0. The van der Waals surface area contributed by atoms with Gasteiger partial charge in [-0.2, -0.15) is 0 Å². The van der Waals surface area contributed by atoms with Crippen LogP contribution in [-0.4, -0.2) is 47.4 Å². The minimum Gasteiger partial charge on any atom is -0.466 e. The second-order valence-corrected chi connectivity index (χ2v) is 28.1. The number of carbonyl (C=O) groups is 2. The first kappa shape index (κ1) is 85.6. The zero-order valence-electron chi connectivity index (χ0n) is 59.5. The molecule has 6 heteroatoms. The standard InChI is InChI=1S/C81H159NO5/c1-3-5-7-9-11-13-15-17-19-21-42-45-49-53-57-61-65-69-73-79(84)78(77-83)82-80(85)74-70-66-62-58-54-50-46-43-39-37-35-33-31-29-27-25-23-22-24-26-28-30-32-34-36-38-40-44-48-52-56-60-64-68-72-76-87-81(86)75-71-67-63-59-55-51-47-41-20-18-16-14-12-10-8-6-4-2/h69,73,78-79,83-84H,3-68,70-72,74-77H2,1-2H3,(H,82,85)/b73-69+. The van der Waals surface area contributed by atoms with E-state index in [-0.39, 0.29) is 18.5 Å². The summed E-state index contributed by atoms with van der Waals surface area (Å²) in [6.07, 6.45) is 97.8. The van der Waals surface area contributed by atoms with Crippen LogP contribution in [-0.2, 0) is 14.3 Å². The number of hydrogen-bond acceptors (Lipinski definition) is 5. The molecule has 0 heterocycles. The van der Waals surface area contributed by atoms with Crippen molar-refractivity contribution in [3.05, 3.63) is 12.2 Å². The van der Waals surface area contributed by atoms with Crippen molar-refractivity contribution in [3.63, 3.8) is 0 Å². The molecule has 0 aliphatic carbocycles. The molecule has 0 bridgehead atoms. The number of ether oxygens (including phenoxy) is 1. The SMILES string of the molecule is CCCCCCCCCCCCCCCCCC/C=C/C(O)C(CO)NC(=O)CCCCCCCCCCCCCCCCCCCCCCCCCCCCCCCCCCCCCOC(=O)CCCCCCCCCCCCCCCCCCC. The molecule has 0 saturated carbocycles. The van der Waals surface area contributed by atoms with E-state index in [2.05, 4.69) is 19.2 Å². The molecule has 2 unspecified atom stereocenters. The summed E-state index contributed by atoms with van der Waals surface area (Å²) in [7, 11) is 0. The predicted molar refractivity (Wildman–Crippen MR) is 384 cm³/mol. The van der Waals surface area contributed by atoms with Crippen molar-refractivity contribution in [3.8, 4) is 0 Å². The highest BCUT2D eigenvalue weighted by molar-refractivity contribution is 5.76. The molecule has 0 spiro atoms. The Labute approximate surface area is 546 Å². The van der Waals surface area contributed by atoms with Crippen molar-refractivity contribution in [2.45, 2.75) is 482 Å². The minimum absolute atomic E-state index is 0.0276.